The number of rotatable bonds is 2. The molecule has 0 radical (unpaired) electrons. The van der Waals surface area contributed by atoms with Crippen molar-refractivity contribution in [3.05, 3.63) is 53.3 Å². The van der Waals surface area contributed by atoms with Gasteiger partial charge in [-0.3, -0.25) is 9.78 Å². The van der Waals surface area contributed by atoms with Crippen molar-refractivity contribution >= 4 is 17.2 Å². The van der Waals surface area contributed by atoms with Crippen molar-refractivity contribution in [3.63, 3.8) is 0 Å². The number of ketones is 1. The maximum atomic E-state index is 12.2. The molecule has 0 fully saturated rings. The van der Waals surface area contributed by atoms with Gasteiger partial charge in [0.2, 0.25) is 0 Å². The monoisotopic (exact) mass is 227 g/mol. The third kappa shape index (κ3) is 2.10. The fraction of sp³-hybridized carbons (Fsp3) is 0.0769. The summed E-state index contributed by atoms with van der Waals surface area (Å²) in [5, 5.41) is 0. The van der Waals surface area contributed by atoms with Crippen molar-refractivity contribution in [2.24, 2.45) is 0 Å². The standard InChI is InChI=1S/C13H13N3O/c1-8-6-9(2-3-11(8)14)13(17)10-7-16-5-4-12(10)15/h2-7H,14H2,1H3,(H2,15,16). The van der Waals surface area contributed by atoms with Crippen LogP contribution < -0.4 is 11.5 Å². The molecule has 2 rings (SSSR count). The number of pyridine rings is 1. The number of nitrogens with zero attached hydrogens (tertiary/aromatic N) is 1. The van der Waals surface area contributed by atoms with E-state index in [1.54, 1.807) is 30.5 Å². The highest BCUT2D eigenvalue weighted by Gasteiger charge is 2.12. The second-order valence-corrected chi connectivity index (χ2v) is 3.86. The van der Waals surface area contributed by atoms with Crippen LogP contribution in [0.3, 0.4) is 0 Å². The maximum absolute atomic E-state index is 12.2. The first kappa shape index (κ1) is 11.1. The summed E-state index contributed by atoms with van der Waals surface area (Å²) in [6.07, 6.45) is 3.03. The normalized spacial score (nSPS) is 10.2. The topological polar surface area (TPSA) is 82.0 Å². The minimum atomic E-state index is -0.140. The van der Waals surface area contributed by atoms with Crippen LogP contribution in [0.1, 0.15) is 21.5 Å². The van der Waals surface area contributed by atoms with Crippen LogP contribution in [0.15, 0.2) is 36.7 Å². The van der Waals surface area contributed by atoms with E-state index < -0.39 is 0 Å². The smallest absolute Gasteiger partial charge is 0.196 e. The maximum Gasteiger partial charge on any atom is 0.196 e. The zero-order valence-corrected chi connectivity index (χ0v) is 9.47. The number of aryl methyl sites for hydroxylation is 1. The van der Waals surface area contributed by atoms with E-state index in [9.17, 15) is 4.79 Å². The molecule has 4 N–H and O–H groups in total. The van der Waals surface area contributed by atoms with E-state index in [0.717, 1.165) is 5.56 Å². The van der Waals surface area contributed by atoms with Crippen molar-refractivity contribution in [1.29, 1.82) is 0 Å². The van der Waals surface area contributed by atoms with Crippen molar-refractivity contribution in [3.8, 4) is 0 Å². The van der Waals surface area contributed by atoms with Gasteiger partial charge < -0.3 is 11.5 Å². The quantitative estimate of drug-likeness (QED) is 0.605. The molecule has 17 heavy (non-hydrogen) atoms. The highest BCUT2D eigenvalue weighted by molar-refractivity contribution is 6.12. The Hall–Kier alpha value is -2.36. The van der Waals surface area contributed by atoms with Crippen LogP contribution in [0.4, 0.5) is 11.4 Å². The summed E-state index contributed by atoms with van der Waals surface area (Å²) in [6.45, 7) is 1.86. The first-order valence-electron chi connectivity index (χ1n) is 5.20. The average Bonchev–Trinajstić information content (AvgIpc) is 2.32. The van der Waals surface area contributed by atoms with Gasteiger partial charge in [0.1, 0.15) is 0 Å². The van der Waals surface area contributed by atoms with Crippen molar-refractivity contribution in [1.82, 2.24) is 4.98 Å². The molecule has 2 aromatic rings. The molecule has 0 aliphatic heterocycles. The summed E-state index contributed by atoms with van der Waals surface area (Å²) in [5.74, 6) is -0.140. The van der Waals surface area contributed by atoms with Gasteiger partial charge in [0.25, 0.3) is 0 Å². The van der Waals surface area contributed by atoms with Gasteiger partial charge in [-0.1, -0.05) is 0 Å². The Balaban J connectivity index is 2.44. The number of nitrogen functional groups attached to an aromatic ring is 2. The van der Waals surface area contributed by atoms with E-state index in [2.05, 4.69) is 4.98 Å². The van der Waals surface area contributed by atoms with Gasteiger partial charge in [-0.25, -0.2) is 0 Å². The average molecular weight is 227 g/mol. The van der Waals surface area contributed by atoms with Crippen LogP contribution in [0, 0.1) is 6.92 Å². The number of hydrogen-bond acceptors (Lipinski definition) is 4. The number of carbonyl (C=O) groups is 1. The van der Waals surface area contributed by atoms with Gasteiger partial charge in [-0.2, -0.15) is 0 Å². The third-order valence-corrected chi connectivity index (χ3v) is 2.63. The lowest BCUT2D eigenvalue weighted by Crippen LogP contribution is -2.06. The zero-order valence-electron chi connectivity index (χ0n) is 9.47. The predicted molar refractivity (Wildman–Crippen MR) is 67.7 cm³/mol. The molecule has 0 unspecified atom stereocenters. The Bertz CT molecular complexity index is 579. The summed E-state index contributed by atoms with van der Waals surface area (Å²) in [7, 11) is 0. The summed E-state index contributed by atoms with van der Waals surface area (Å²) >= 11 is 0. The molecular formula is C13H13N3O. The Morgan fingerprint density at radius 3 is 2.59 bits per heavy atom. The molecule has 0 aliphatic rings. The second kappa shape index (κ2) is 4.25. The highest BCUT2D eigenvalue weighted by atomic mass is 16.1. The van der Waals surface area contributed by atoms with Gasteiger partial charge in [-0.15, -0.1) is 0 Å². The van der Waals surface area contributed by atoms with E-state index in [1.807, 2.05) is 6.92 Å². The molecule has 0 saturated carbocycles. The van der Waals surface area contributed by atoms with Crippen LogP contribution in [0.5, 0.6) is 0 Å². The van der Waals surface area contributed by atoms with E-state index in [1.165, 1.54) is 6.20 Å². The van der Waals surface area contributed by atoms with Crippen LogP contribution in [0.2, 0.25) is 0 Å². The molecule has 0 saturated heterocycles. The summed E-state index contributed by atoms with van der Waals surface area (Å²) in [4.78, 5) is 16.1. The molecule has 4 heteroatoms. The molecule has 0 spiro atoms. The van der Waals surface area contributed by atoms with E-state index >= 15 is 0 Å². The molecule has 1 aromatic carbocycles. The molecule has 0 aliphatic carbocycles. The molecule has 0 bridgehead atoms. The zero-order chi connectivity index (χ0) is 12.4. The summed E-state index contributed by atoms with van der Waals surface area (Å²) < 4.78 is 0. The van der Waals surface area contributed by atoms with Gasteiger partial charge >= 0.3 is 0 Å². The van der Waals surface area contributed by atoms with Gasteiger partial charge in [0.15, 0.2) is 5.78 Å². The minimum absolute atomic E-state index is 0.140. The Labute approximate surface area is 99.3 Å². The molecular weight excluding hydrogens is 214 g/mol. The Morgan fingerprint density at radius 2 is 1.94 bits per heavy atom. The van der Waals surface area contributed by atoms with Crippen LogP contribution in [-0.4, -0.2) is 10.8 Å². The van der Waals surface area contributed by atoms with E-state index in [4.69, 9.17) is 11.5 Å². The fourth-order valence-electron chi connectivity index (χ4n) is 1.57. The highest BCUT2D eigenvalue weighted by Crippen LogP contribution is 2.18. The molecule has 86 valence electrons. The Morgan fingerprint density at radius 1 is 1.18 bits per heavy atom. The van der Waals surface area contributed by atoms with Gasteiger partial charge in [0, 0.05) is 29.3 Å². The lowest BCUT2D eigenvalue weighted by atomic mass is 10.0. The molecule has 0 atom stereocenters. The fourth-order valence-corrected chi connectivity index (χ4v) is 1.57. The summed E-state index contributed by atoms with van der Waals surface area (Å²) in [6, 6.07) is 6.77. The van der Waals surface area contributed by atoms with Crippen molar-refractivity contribution in [2.45, 2.75) is 6.92 Å². The van der Waals surface area contributed by atoms with E-state index in [0.29, 0.717) is 22.5 Å². The summed E-state index contributed by atoms with van der Waals surface area (Å²) in [5.41, 5.74) is 14.4. The van der Waals surface area contributed by atoms with Gasteiger partial charge in [-0.05, 0) is 36.8 Å². The number of anilines is 2. The predicted octanol–water partition coefficient (Wildman–Crippen LogP) is 1.79. The van der Waals surface area contributed by atoms with Gasteiger partial charge in [0.05, 0.1) is 5.56 Å². The van der Waals surface area contributed by atoms with Crippen molar-refractivity contribution in [2.75, 3.05) is 11.5 Å². The first-order chi connectivity index (χ1) is 8.09. The molecule has 1 aromatic heterocycles. The lowest BCUT2D eigenvalue weighted by molar-refractivity contribution is 0.103. The minimum Gasteiger partial charge on any atom is -0.399 e. The third-order valence-electron chi connectivity index (χ3n) is 2.63. The number of benzene rings is 1. The number of hydrogen-bond donors (Lipinski definition) is 2. The number of carbonyl (C=O) groups excluding carboxylic acids is 1. The van der Waals surface area contributed by atoms with Crippen LogP contribution in [-0.2, 0) is 0 Å². The van der Waals surface area contributed by atoms with Crippen LogP contribution in [0.25, 0.3) is 0 Å². The Kier molecular flexibility index (Phi) is 2.78. The van der Waals surface area contributed by atoms with Crippen LogP contribution >= 0.6 is 0 Å². The largest absolute Gasteiger partial charge is 0.399 e. The van der Waals surface area contributed by atoms with Crippen molar-refractivity contribution < 1.29 is 4.79 Å². The molecule has 0 amide bonds. The first-order valence-corrected chi connectivity index (χ1v) is 5.20. The number of nitrogens with two attached hydrogens (primary N) is 2. The molecule has 1 heterocycles. The number of aromatic nitrogens is 1. The second-order valence-electron chi connectivity index (χ2n) is 3.86. The SMILES string of the molecule is Cc1cc(C(=O)c2cnccc2N)ccc1N. The van der Waals surface area contributed by atoms with E-state index in [-0.39, 0.29) is 5.78 Å². The lowest BCUT2D eigenvalue weighted by Gasteiger charge is -2.06. The molecule has 4 nitrogen and oxygen atoms in total.